The van der Waals surface area contributed by atoms with Gasteiger partial charge < -0.3 is 15.2 Å². The first-order chi connectivity index (χ1) is 8.93. The number of ether oxygens (including phenoxy) is 1. The number of carbonyl (C=O) groups excluding carboxylic acids is 1. The summed E-state index contributed by atoms with van der Waals surface area (Å²) in [6.45, 7) is 2.41. The Labute approximate surface area is 120 Å². The van der Waals surface area contributed by atoms with Crippen molar-refractivity contribution in [2.75, 3.05) is 19.0 Å². The summed E-state index contributed by atoms with van der Waals surface area (Å²) >= 11 is 3.27. The first-order valence-corrected chi connectivity index (χ1v) is 6.55. The molecule has 0 aliphatic heterocycles. The Kier molecular flexibility index (Phi) is 5.98. The molecule has 0 saturated heterocycles. The van der Waals surface area contributed by atoms with Gasteiger partial charge >= 0.3 is 5.97 Å². The number of nitrogens with one attached hydrogen (secondary N) is 1. The standard InChI is InChI=1S/C13H16BrNO4/c1-8(7-19-2)5-12(16)15-11-6-9(13(17)18)3-4-10(11)14/h3-4,6,8H,5,7H2,1-2H3,(H,15,16)(H,17,18). The fourth-order valence-electron chi connectivity index (χ4n) is 1.62. The van der Waals surface area contributed by atoms with Gasteiger partial charge in [-0.3, -0.25) is 4.79 Å². The molecule has 2 N–H and O–H groups in total. The number of rotatable bonds is 6. The maximum Gasteiger partial charge on any atom is 0.335 e. The number of carboxylic acids is 1. The zero-order valence-electron chi connectivity index (χ0n) is 10.8. The molecule has 104 valence electrons. The molecule has 0 aromatic heterocycles. The van der Waals surface area contributed by atoms with Crippen molar-refractivity contribution < 1.29 is 19.4 Å². The highest BCUT2D eigenvalue weighted by Crippen LogP contribution is 2.24. The summed E-state index contributed by atoms with van der Waals surface area (Å²) < 4.78 is 5.61. The minimum absolute atomic E-state index is 0.103. The summed E-state index contributed by atoms with van der Waals surface area (Å²) in [6, 6.07) is 4.48. The molecule has 1 amide bonds. The summed E-state index contributed by atoms with van der Waals surface area (Å²) in [5.74, 6) is -1.10. The lowest BCUT2D eigenvalue weighted by Gasteiger charge is -2.12. The molecular weight excluding hydrogens is 314 g/mol. The van der Waals surface area contributed by atoms with Gasteiger partial charge in [0.15, 0.2) is 0 Å². The number of carbonyl (C=O) groups is 2. The average molecular weight is 330 g/mol. The van der Waals surface area contributed by atoms with Crippen molar-refractivity contribution in [3.63, 3.8) is 0 Å². The van der Waals surface area contributed by atoms with Gasteiger partial charge in [-0.25, -0.2) is 4.79 Å². The second-order valence-electron chi connectivity index (χ2n) is 4.31. The van der Waals surface area contributed by atoms with Crippen LogP contribution in [-0.4, -0.2) is 30.7 Å². The van der Waals surface area contributed by atoms with Crippen molar-refractivity contribution in [1.82, 2.24) is 0 Å². The molecule has 1 aromatic rings. The van der Waals surface area contributed by atoms with Crippen molar-refractivity contribution in [2.45, 2.75) is 13.3 Å². The maximum atomic E-state index is 11.8. The molecule has 1 unspecified atom stereocenters. The first kappa shape index (κ1) is 15.7. The Balaban J connectivity index is 2.73. The van der Waals surface area contributed by atoms with Crippen molar-refractivity contribution in [3.8, 4) is 0 Å². The highest BCUT2D eigenvalue weighted by atomic mass is 79.9. The molecule has 0 heterocycles. The van der Waals surface area contributed by atoms with Crippen molar-refractivity contribution in [2.24, 2.45) is 5.92 Å². The van der Waals surface area contributed by atoms with Crippen LogP contribution < -0.4 is 5.32 Å². The number of methoxy groups -OCH3 is 1. The maximum absolute atomic E-state index is 11.8. The normalized spacial score (nSPS) is 11.9. The quantitative estimate of drug-likeness (QED) is 0.841. The van der Waals surface area contributed by atoms with Crippen LogP contribution in [-0.2, 0) is 9.53 Å². The lowest BCUT2D eigenvalue weighted by atomic mass is 10.1. The van der Waals surface area contributed by atoms with Gasteiger partial charge in [0.25, 0.3) is 0 Å². The Morgan fingerprint density at radius 2 is 2.16 bits per heavy atom. The topological polar surface area (TPSA) is 75.6 Å². The van der Waals surface area contributed by atoms with Gasteiger partial charge in [-0.1, -0.05) is 6.92 Å². The molecule has 0 bridgehead atoms. The molecule has 6 heteroatoms. The van der Waals surface area contributed by atoms with Gasteiger partial charge in [-0.2, -0.15) is 0 Å². The second-order valence-corrected chi connectivity index (χ2v) is 5.17. The Bertz CT molecular complexity index is 476. The minimum atomic E-state index is -1.03. The van der Waals surface area contributed by atoms with Gasteiger partial charge in [-0.05, 0) is 40.0 Å². The highest BCUT2D eigenvalue weighted by molar-refractivity contribution is 9.10. The minimum Gasteiger partial charge on any atom is -0.478 e. The largest absolute Gasteiger partial charge is 0.478 e. The van der Waals surface area contributed by atoms with E-state index in [2.05, 4.69) is 21.2 Å². The van der Waals surface area contributed by atoms with E-state index in [4.69, 9.17) is 9.84 Å². The van der Waals surface area contributed by atoms with E-state index in [9.17, 15) is 9.59 Å². The molecular formula is C13H16BrNO4. The third kappa shape index (κ3) is 5.00. The van der Waals surface area contributed by atoms with E-state index in [0.29, 0.717) is 23.2 Å². The van der Waals surface area contributed by atoms with Crippen LogP contribution in [0.15, 0.2) is 22.7 Å². The van der Waals surface area contributed by atoms with E-state index in [1.807, 2.05) is 6.92 Å². The molecule has 19 heavy (non-hydrogen) atoms. The Morgan fingerprint density at radius 3 is 2.74 bits per heavy atom. The molecule has 1 atom stereocenters. The number of hydrogen-bond donors (Lipinski definition) is 2. The number of aromatic carboxylic acids is 1. The van der Waals surface area contributed by atoms with Gasteiger partial charge in [-0.15, -0.1) is 0 Å². The Hall–Kier alpha value is -1.40. The molecule has 0 saturated carbocycles. The molecule has 0 fully saturated rings. The van der Waals surface area contributed by atoms with Crippen LogP contribution >= 0.6 is 15.9 Å². The zero-order valence-corrected chi connectivity index (χ0v) is 12.4. The van der Waals surface area contributed by atoms with Crippen molar-refractivity contribution in [3.05, 3.63) is 28.2 Å². The molecule has 1 rings (SSSR count). The van der Waals surface area contributed by atoms with Crippen LogP contribution in [0.4, 0.5) is 5.69 Å². The van der Waals surface area contributed by atoms with E-state index in [1.54, 1.807) is 13.2 Å². The van der Waals surface area contributed by atoms with Crippen LogP contribution in [0.1, 0.15) is 23.7 Å². The number of benzene rings is 1. The lowest BCUT2D eigenvalue weighted by molar-refractivity contribution is -0.117. The smallest absolute Gasteiger partial charge is 0.335 e. The van der Waals surface area contributed by atoms with Crippen LogP contribution in [0.5, 0.6) is 0 Å². The first-order valence-electron chi connectivity index (χ1n) is 5.75. The van der Waals surface area contributed by atoms with Gasteiger partial charge in [0.2, 0.25) is 5.91 Å². The van der Waals surface area contributed by atoms with Crippen molar-refractivity contribution in [1.29, 1.82) is 0 Å². The molecule has 5 nitrogen and oxygen atoms in total. The lowest BCUT2D eigenvalue weighted by Crippen LogP contribution is -2.18. The molecule has 0 aliphatic carbocycles. The van der Waals surface area contributed by atoms with Crippen LogP contribution in [0, 0.1) is 5.92 Å². The van der Waals surface area contributed by atoms with E-state index in [0.717, 1.165) is 0 Å². The van der Waals surface area contributed by atoms with E-state index >= 15 is 0 Å². The zero-order chi connectivity index (χ0) is 14.4. The number of hydrogen-bond acceptors (Lipinski definition) is 3. The third-order valence-electron chi connectivity index (χ3n) is 2.47. The SMILES string of the molecule is COCC(C)CC(=O)Nc1cc(C(=O)O)ccc1Br. The van der Waals surface area contributed by atoms with Gasteiger partial charge in [0.05, 0.1) is 11.3 Å². The second kappa shape index (κ2) is 7.25. The van der Waals surface area contributed by atoms with E-state index in [-0.39, 0.29) is 17.4 Å². The molecule has 0 spiro atoms. The number of anilines is 1. The predicted octanol–water partition coefficient (Wildman–Crippen LogP) is 2.76. The fraction of sp³-hybridized carbons (Fsp3) is 0.385. The van der Waals surface area contributed by atoms with E-state index < -0.39 is 5.97 Å². The summed E-state index contributed by atoms with van der Waals surface area (Å²) in [5, 5.41) is 11.6. The summed E-state index contributed by atoms with van der Waals surface area (Å²) in [4.78, 5) is 22.7. The van der Waals surface area contributed by atoms with Crippen LogP contribution in [0.3, 0.4) is 0 Å². The summed E-state index contributed by atoms with van der Waals surface area (Å²) in [5.41, 5.74) is 0.581. The van der Waals surface area contributed by atoms with Crippen LogP contribution in [0.25, 0.3) is 0 Å². The number of carboxylic acid groups (broad SMARTS) is 1. The van der Waals surface area contributed by atoms with Crippen LogP contribution in [0.2, 0.25) is 0 Å². The number of amides is 1. The fourth-order valence-corrected chi connectivity index (χ4v) is 1.96. The third-order valence-corrected chi connectivity index (χ3v) is 3.16. The predicted molar refractivity (Wildman–Crippen MR) is 75.4 cm³/mol. The molecule has 1 aromatic carbocycles. The summed E-state index contributed by atoms with van der Waals surface area (Å²) in [7, 11) is 1.58. The highest BCUT2D eigenvalue weighted by Gasteiger charge is 2.12. The molecule has 0 radical (unpaired) electrons. The monoisotopic (exact) mass is 329 g/mol. The van der Waals surface area contributed by atoms with E-state index in [1.165, 1.54) is 12.1 Å². The van der Waals surface area contributed by atoms with Gasteiger partial charge in [0, 0.05) is 24.6 Å². The summed E-state index contributed by atoms with van der Waals surface area (Å²) in [6.07, 6.45) is 0.317. The average Bonchev–Trinajstić information content (AvgIpc) is 2.31. The van der Waals surface area contributed by atoms with Gasteiger partial charge in [0.1, 0.15) is 0 Å². The van der Waals surface area contributed by atoms with Crippen molar-refractivity contribution >= 4 is 33.5 Å². The Morgan fingerprint density at radius 1 is 1.47 bits per heavy atom. The number of halogens is 1. The molecule has 0 aliphatic rings.